The molecule has 0 aromatic heterocycles. The van der Waals surface area contributed by atoms with Crippen LogP contribution in [0.4, 0.5) is 14.5 Å². The van der Waals surface area contributed by atoms with Gasteiger partial charge in [-0.15, -0.1) is 0 Å². The highest BCUT2D eigenvalue weighted by molar-refractivity contribution is 7.89. The van der Waals surface area contributed by atoms with Crippen molar-refractivity contribution in [3.63, 3.8) is 0 Å². The zero-order valence-corrected chi connectivity index (χ0v) is 11.2. The minimum absolute atomic E-state index is 0.360. The minimum Gasteiger partial charge on any atom is -0.396 e. The van der Waals surface area contributed by atoms with Gasteiger partial charge >= 0.3 is 0 Å². The monoisotopic (exact) mass is 290 g/mol. The van der Waals surface area contributed by atoms with Crippen LogP contribution in [0.1, 0.15) is 25.7 Å². The predicted octanol–water partition coefficient (Wildman–Crippen LogP) is 2.11. The molecule has 1 fully saturated rings. The Morgan fingerprint density at radius 3 is 2.16 bits per heavy atom. The molecule has 7 heteroatoms. The molecule has 2 rings (SSSR count). The van der Waals surface area contributed by atoms with E-state index in [1.807, 2.05) is 0 Å². The van der Waals surface area contributed by atoms with Crippen molar-refractivity contribution in [1.29, 1.82) is 0 Å². The lowest BCUT2D eigenvalue weighted by molar-refractivity contribution is 0.419. The van der Waals surface area contributed by atoms with Crippen LogP contribution in [0.25, 0.3) is 0 Å². The first kappa shape index (κ1) is 14.2. The van der Waals surface area contributed by atoms with Crippen LogP contribution in [0.2, 0.25) is 0 Å². The topological polar surface area (TPSA) is 63.4 Å². The number of rotatable bonds is 2. The van der Waals surface area contributed by atoms with E-state index >= 15 is 0 Å². The molecule has 0 radical (unpaired) electrons. The van der Waals surface area contributed by atoms with Crippen molar-refractivity contribution in [3.05, 3.63) is 23.8 Å². The van der Waals surface area contributed by atoms with Crippen LogP contribution < -0.4 is 5.73 Å². The fourth-order valence-electron chi connectivity index (χ4n) is 2.16. The van der Waals surface area contributed by atoms with Gasteiger partial charge in [-0.1, -0.05) is 12.8 Å². The molecule has 0 atom stereocenters. The Bertz CT molecular complexity index is 567. The van der Waals surface area contributed by atoms with E-state index in [4.69, 9.17) is 5.73 Å². The number of nitrogen functional groups attached to an aromatic ring is 1. The normalized spacial score (nSPS) is 18.2. The quantitative estimate of drug-likeness (QED) is 0.849. The molecule has 1 aromatic rings. The SMILES string of the molecule is Nc1cc(S(=O)(=O)N2CCCCCC2)c(F)cc1F. The van der Waals surface area contributed by atoms with E-state index in [1.165, 1.54) is 4.31 Å². The third-order valence-corrected chi connectivity index (χ3v) is 5.15. The number of benzene rings is 1. The summed E-state index contributed by atoms with van der Waals surface area (Å²) in [5.74, 6) is -2.05. The Morgan fingerprint density at radius 2 is 1.58 bits per heavy atom. The predicted molar refractivity (Wildman–Crippen MR) is 68.0 cm³/mol. The number of sulfonamides is 1. The molecule has 1 aliphatic rings. The van der Waals surface area contributed by atoms with E-state index in [2.05, 4.69) is 0 Å². The summed E-state index contributed by atoms with van der Waals surface area (Å²) in [6.45, 7) is 0.720. The number of nitrogens with zero attached hydrogens (tertiary/aromatic N) is 1. The molecular weight excluding hydrogens is 274 g/mol. The molecule has 1 aliphatic heterocycles. The molecule has 1 heterocycles. The van der Waals surface area contributed by atoms with Gasteiger partial charge in [-0.2, -0.15) is 4.31 Å². The highest BCUT2D eigenvalue weighted by atomic mass is 32.2. The van der Waals surface area contributed by atoms with Gasteiger partial charge in [0, 0.05) is 19.2 Å². The highest BCUT2D eigenvalue weighted by Gasteiger charge is 2.28. The van der Waals surface area contributed by atoms with Crippen molar-refractivity contribution in [1.82, 2.24) is 4.31 Å². The molecule has 2 N–H and O–H groups in total. The van der Waals surface area contributed by atoms with Crippen LogP contribution in [0.5, 0.6) is 0 Å². The van der Waals surface area contributed by atoms with E-state index < -0.39 is 26.6 Å². The maximum Gasteiger partial charge on any atom is 0.246 e. The lowest BCUT2D eigenvalue weighted by Gasteiger charge is -2.20. The average molecular weight is 290 g/mol. The Hall–Kier alpha value is -1.21. The second-order valence-corrected chi connectivity index (χ2v) is 6.53. The van der Waals surface area contributed by atoms with Crippen LogP contribution in [-0.2, 0) is 10.0 Å². The lowest BCUT2D eigenvalue weighted by atomic mass is 10.2. The summed E-state index contributed by atoms with van der Waals surface area (Å²) in [5, 5.41) is 0. The minimum atomic E-state index is -3.94. The van der Waals surface area contributed by atoms with E-state index in [0.717, 1.165) is 31.7 Å². The summed E-state index contributed by atoms with van der Waals surface area (Å²) >= 11 is 0. The maximum absolute atomic E-state index is 13.7. The van der Waals surface area contributed by atoms with Crippen molar-refractivity contribution in [2.75, 3.05) is 18.8 Å². The Kier molecular flexibility index (Phi) is 4.05. The molecule has 0 amide bonds. The zero-order chi connectivity index (χ0) is 14.0. The van der Waals surface area contributed by atoms with Gasteiger partial charge < -0.3 is 5.73 Å². The smallest absolute Gasteiger partial charge is 0.246 e. The van der Waals surface area contributed by atoms with Gasteiger partial charge in [0.1, 0.15) is 16.5 Å². The third kappa shape index (κ3) is 2.87. The van der Waals surface area contributed by atoms with Crippen molar-refractivity contribution in [3.8, 4) is 0 Å². The summed E-state index contributed by atoms with van der Waals surface area (Å²) in [5.41, 5.74) is 4.96. The van der Waals surface area contributed by atoms with Gasteiger partial charge in [0.15, 0.2) is 0 Å². The van der Waals surface area contributed by atoms with E-state index in [-0.39, 0.29) is 5.69 Å². The first-order valence-corrected chi connectivity index (χ1v) is 7.61. The molecule has 0 bridgehead atoms. The van der Waals surface area contributed by atoms with Crippen LogP contribution in [0, 0.1) is 11.6 Å². The molecule has 1 saturated heterocycles. The van der Waals surface area contributed by atoms with Gasteiger partial charge in [0.05, 0.1) is 5.69 Å². The second kappa shape index (κ2) is 5.42. The molecule has 19 heavy (non-hydrogen) atoms. The molecule has 0 saturated carbocycles. The van der Waals surface area contributed by atoms with Gasteiger partial charge in [0.25, 0.3) is 0 Å². The van der Waals surface area contributed by atoms with E-state index in [0.29, 0.717) is 19.2 Å². The highest BCUT2D eigenvalue weighted by Crippen LogP contribution is 2.25. The van der Waals surface area contributed by atoms with Crippen LogP contribution in [0.3, 0.4) is 0 Å². The Balaban J connectivity index is 2.41. The molecule has 4 nitrogen and oxygen atoms in total. The van der Waals surface area contributed by atoms with E-state index in [9.17, 15) is 17.2 Å². The standard InChI is InChI=1S/C12H16F2N2O2S/c13-9-7-10(14)12(8-11(9)15)19(17,18)16-5-3-1-2-4-6-16/h7-8H,1-6,15H2. The summed E-state index contributed by atoms with van der Waals surface area (Å²) in [4.78, 5) is -0.548. The number of nitrogens with two attached hydrogens (primary N) is 1. The van der Waals surface area contributed by atoms with Gasteiger partial charge in [0.2, 0.25) is 10.0 Å². The van der Waals surface area contributed by atoms with Crippen LogP contribution in [0.15, 0.2) is 17.0 Å². The van der Waals surface area contributed by atoms with Crippen molar-refractivity contribution >= 4 is 15.7 Å². The molecule has 0 unspecified atom stereocenters. The Labute approximate surface area is 111 Å². The number of hydrogen-bond acceptors (Lipinski definition) is 3. The maximum atomic E-state index is 13.7. The van der Waals surface area contributed by atoms with Gasteiger partial charge in [-0.25, -0.2) is 17.2 Å². The van der Waals surface area contributed by atoms with Crippen LogP contribution >= 0.6 is 0 Å². The number of halogens is 2. The first-order valence-electron chi connectivity index (χ1n) is 6.17. The van der Waals surface area contributed by atoms with Crippen LogP contribution in [-0.4, -0.2) is 25.8 Å². The first-order chi connectivity index (χ1) is 8.93. The number of hydrogen-bond donors (Lipinski definition) is 1. The summed E-state index contributed by atoms with van der Waals surface area (Å²) < 4.78 is 52.7. The average Bonchev–Trinajstić information content (AvgIpc) is 2.62. The molecule has 1 aromatic carbocycles. The number of anilines is 1. The third-order valence-electron chi connectivity index (χ3n) is 3.23. The zero-order valence-electron chi connectivity index (χ0n) is 10.4. The Morgan fingerprint density at radius 1 is 1.00 bits per heavy atom. The van der Waals surface area contributed by atoms with Crippen molar-refractivity contribution < 1.29 is 17.2 Å². The summed E-state index contributed by atoms with van der Waals surface area (Å²) in [7, 11) is -3.94. The van der Waals surface area contributed by atoms with Crippen molar-refractivity contribution in [2.45, 2.75) is 30.6 Å². The second-order valence-electron chi connectivity index (χ2n) is 4.62. The van der Waals surface area contributed by atoms with E-state index in [1.54, 1.807) is 0 Å². The fraction of sp³-hybridized carbons (Fsp3) is 0.500. The summed E-state index contributed by atoms with van der Waals surface area (Å²) in [6.07, 6.45) is 3.41. The van der Waals surface area contributed by atoms with Gasteiger partial charge in [-0.3, -0.25) is 0 Å². The van der Waals surface area contributed by atoms with Gasteiger partial charge in [-0.05, 0) is 18.9 Å². The molecular formula is C12H16F2N2O2S. The molecule has 0 aliphatic carbocycles. The fourth-order valence-corrected chi connectivity index (χ4v) is 3.76. The molecule has 0 spiro atoms. The lowest BCUT2D eigenvalue weighted by Crippen LogP contribution is -2.32. The van der Waals surface area contributed by atoms with Crippen molar-refractivity contribution in [2.24, 2.45) is 0 Å². The largest absolute Gasteiger partial charge is 0.396 e. The molecule has 106 valence electrons. The summed E-state index contributed by atoms with van der Waals surface area (Å²) in [6, 6.07) is 1.37.